The summed E-state index contributed by atoms with van der Waals surface area (Å²) in [5, 5.41) is 2.14. The van der Waals surface area contributed by atoms with Crippen LogP contribution in [0.25, 0.3) is 10.8 Å². The number of aromatic nitrogens is 1. The number of pyridine rings is 1. The number of thioether (sulfide) groups is 1. The van der Waals surface area contributed by atoms with E-state index in [-0.39, 0.29) is 6.10 Å². The van der Waals surface area contributed by atoms with Gasteiger partial charge in [-0.15, -0.1) is 11.8 Å². The Hall–Kier alpha value is -1.42. The highest BCUT2D eigenvalue weighted by atomic mass is 32.2. The van der Waals surface area contributed by atoms with Crippen LogP contribution in [0.15, 0.2) is 29.3 Å². The normalized spacial score (nSPS) is 10.9. The highest BCUT2D eigenvalue weighted by molar-refractivity contribution is 7.99. The first kappa shape index (κ1) is 13.0. The van der Waals surface area contributed by atoms with Crippen molar-refractivity contribution in [3.63, 3.8) is 0 Å². The zero-order valence-electron chi connectivity index (χ0n) is 11.1. The molecule has 4 heteroatoms. The fourth-order valence-corrected chi connectivity index (χ4v) is 2.62. The summed E-state index contributed by atoms with van der Waals surface area (Å²) < 4.78 is 11.1. The van der Waals surface area contributed by atoms with Crippen molar-refractivity contribution in [2.45, 2.75) is 24.8 Å². The topological polar surface area (TPSA) is 31.4 Å². The first-order chi connectivity index (χ1) is 8.67. The van der Waals surface area contributed by atoms with Crippen LogP contribution in [0.3, 0.4) is 0 Å². The lowest BCUT2D eigenvalue weighted by atomic mass is 10.1. The van der Waals surface area contributed by atoms with Crippen LogP contribution in [-0.2, 0) is 0 Å². The fourth-order valence-electron chi connectivity index (χ4n) is 1.87. The van der Waals surface area contributed by atoms with Crippen molar-refractivity contribution >= 4 is 22.5 Å². The van der Waals surface area contributed by atoms with Crippen LogP contribution >= 0.6 is 11.8 Å². The first-order valence-corrected chi connectivity index (χ1v) is 7.06. The van der Waals surface area contributed by atoms with E-state index in [1.165, 1.54) is 0 Å². The Morgan fingerprint density at radius 3 is 2.56 bits per heavy atom. The number of hydrogen-bond acceptors (Lipinski definition) is 4. The summed E-state index contributed by atoms with van der Waals surface area (Å²) in [6.45, 7) is 4.00. The lowest BCUT2D eigenvalue weighted by Gasteiger charge is -2.14. The summed E-state index contributed by atoms with van der Waals surface area (Å²) in [5.41, 5.74) is 0. The molecule has 1 aromatic heterocycles. The molecular weight excluding hydrogens is 246 g/mol. The lowest BCUT2D eigenvalue weighted by molar-refractivity contribution is 0.236. The molecule has 96 valence electrons. The van der Waals surface area contributed by atoms with Crippen molar-refractivity contribution in [3.8, 4) is 11.6 Å². The predicted octanol–water partition coefficient (Wildman–Crippen LogP) is 3.75. The molecule has 18 heavy (non-hydrogen) atoms. The van der Waals surface area contributed by atoms with Gasteiger partial charge in [-0.2, -0.15) is 0 Å². The molecule has 0 spiro atoms. The van der Waals surface area contributed by atoms with Crippen molar-refractivity contribution in [2.75, 3.05) is 13.4 Å². The zero-order valence-corrected chi connectivity index (χ0v) is 11.9. The average Bonchev–Trinajstić information content (AvgIpc) is 2.37. The van der Waals surface area contributed by atoms with Gasteiger partial charge in [0.05, 0.1) is 18.1 Å². The van der Waals surface area contributed by atoms with Gasteiger partial charge in [0, 0.05) is 17.0 Å². The standard InChI is InChI=1S/C14H17NO2S/c1-9(2)17-14-11-5-6-12(16-3)13(18-4)10(11)7-8-15-14/h5-9H,1-4H3. The van der Waals surface area contributed by atoms with E-state index in [4.69, 9.17) is 9.47 Å². The number of hydrogen-bond donors (Lipinski definition) is 0. The molecule has 1 heterocycles. The Balaban J connectivity index is 2.65. The minimum atomic E-state index is 0.114. The Morgan fingerprint density at radius 2 is 1.94 bits per heavy atom. The molecule has 0 N–H and O–H groups in total. The van der Waals surface area contributed by atoms with E-state index in [1.807, 2.05) is 38.3 Å². The molecule has 0 amide bonds. The molecule has 2 aromatic rings. The number of nitrogens with zero attached hydrogens (tertiary/aromatic N) is 1. The van der Waals surface area contributed by atoms with Crippen molar-refractivity contribution in [2.24, 2.45) is 0 Å². The minimum absolute atomic E-state index is 0.114. The van der Waals surface area contributed by atoms with Crippen molar-refractivity contribution < 1.29 is 9.47 Å². The van der Waals surface area contributed by atoms with Gasteiger partial charge in [-0.05, 0) is 38.3 Å². The molecule has 0 unspecified atom stereocenters. The van der Waals surface area contributed by atoms with Crippen LogP contribution in [0.1, 0.15) is 13.8 Å². The largest absolute Gasteiger partial charge is 0.496 e. The van der Waals surface area contributed by atoms with Crippen LogP contribution in [-0.4, -0.2) is 24.5 Å². The summed E-state index contributed by atoms with van der Waals surface area (Å²) in [4.78, 5) is 5.42. The van der Waals surface area contributed by atoms with E-state index in [0.717, 1.165) is 21.4 Å². The van der Waals surface area contributed by atoms with E-state index in [1.54, 1.807) is 25.1 Å². The number of benzene rings is 1. The van der Waals surface area contributed by atoms with Gasteiger partial charge in [0.1, 0.15) is 5.75 Å². The van der Waals surface area contributed by atoms with Crippen LogP contribution in [0.5, 0.6) is 11.6 Å². The van der Waals surface area contributed by atoms with Gasteiger partial charge in [-0.3, -0.25) is 0 Å². The van der Waals surface area contributed by atoms with E-state index in [9.17, 15) is 0 Å². The van der Waals surface area contributed by atoms with E-state index in [2.05, 4.69) is 4.98 Å². The molecule has 0 fully saturated rings. The van der Waals surface area contributed by atoms with Gasteiger partial charge in [-0.1, -0.05) is 0 Å². The third-order valence-electron chi connectivity index (χ3n) is 2.59. The van der Waals surface area contributed by atoms with Crippen LogP contribution in [0, 0.1) is 0 Å². The quantitative estimate of drug-likeness (QED) is 0.786. The van der Waals surface area contributed by atoms with Crippen molar-refractivity contribution in [1.82, 2.24) is 4.98 Å². The number of fused-ring (bicyclic) bond motifs is 1. The van der Waals surface area contributed by atoms with Gasteiger partial charge < -0.3 is 9.47 Å². The molecular formula is C14H17NO2S. The van der Waals surface area contributed by atoms with Crippen LogP contribution in [0.4, 0.5) is 0 Å². The monoisotopic (exact) mass is 263 g/mol. The second kappa shape index (κ2) is 5.48. The molecule has 0 bridgehead atoms. The molecule has 0 saturated carbocycles. The molecule has 0 aliphatic rings. The Kier molecular flexibility index (Phi) is 3.97. The predicted molar refractivity (Wildman–Crippen MR) is 75.8 cm³/mol. The van der Waals surface area contributed by atoms with Crippen LogP contribution in [0.2, 0.25) is 0 Å². The number of rotatable bonds is 4. The Labute approximate surface area is 112 Å². The Bertz CT molecular complexity index is 555. The fraction of sp³-hybridized carbons (Fsp3) is 0.357. The maximum absolute atomic E-state index is 5.74. The molecule has 3 nitrogen and oxygen atoms in total. The second-order valence-corrected chi connectivity index (χ2v) is 5.00. The Morgan fingerprint density at radius 1 is 1.17 bits per heavy atom. The second-order valence-electron chi connectivity index (χ2n) is 4.18. The van der Waals surface area contributed by atoms with Gasteiger partial charge in [-0.25, -0.2) is 4.98 Å². The summed E-state index contributed by atoms with van der Waals surface area (Å²) in [6.07, 6.45) is 3.93. The van der Waals surface area contributed by atoms with Gasteiger partial charge in [0.2, 0.25) is 5.88 Å². The molecule has 0 radical (unpaired) electrons. The molecule has 0 saturated heterocycles. The SMILES string of the molecule is COc1ccc2c(OC(C)C)nccc2c1SC. The summed E-state index contributed by atoms with van der Waals surface area (Å²) in [7, 11) is 1.69. The molecule has 0 aliphatic carbocycles. The summed E-state index contributed by atoms with van der Waals surface area (Å²) >= 11 is 1.67. The van der Waals surface area contributed by atoms with Gasteiger partial charge >= 0.3 is 0 Å². The molecule has 2 rings (SSSR count). The zero-order chi connectivity index (χ0) is 13.1. The van der Waals surface area contributed by atoms with E-state index >= 15 is 0 Å². The highest BCUT2D eigenvalue weighted by Gasteiger charge is 2.12. The van der Waals surface area contributed by atoms with Gasteiger partial charge in [0.25, 0.3) is 0 Å². The molecule has 0 atom stereocenters. The third-order valence-corrected chi connectivity index (χ3v) is 3.42. The van der Waals surface area contributed by atoms with Crippen molar-refractivity contribution in [3.05, 3.63) is 24.4 Å². The van der Waals surface area contributed by atoms with Gasteiger partial charge in [0.15, 0.2) is 0 Å². The summed E-state index contributed by atoms with van der Waals surface area (Å²) in [6, 6.07) is 5.96. The van der Waals surface area contributed by atoms with Crippen LogP contribution < -0.4 is 9.47 Å². The van der Waals surface area contributed by atoms with Crippen molar-refractivity contribution in [1.29, 1.82) is 0 Å². The number of ether oxygens (including phenoxy) is 2. The minimum Gasteiger partial charge on any atom is -0.496 e. The van der Waals surface area contributed by atoms with E-state index in [0.29, 0.717) is 5.88 Å². The molecule has 1 aromatic carbocycles. The first-order valence-electron chi connectivity index (χ1n) is 5.83. The highest BCUT2D eigenvalue weighted by Crippen LogP contribution is 2.37. The third kappa shape index (κ3) is 2.38. The number of methoxy groups -OCH3 is 1. The molecule has 0 aliphatic heterocycles. The lowest BCUT2D eigenvalue weighted by Crippen LogP contribution is -2.07. The summed E-state index contributed by atoms with van der Waals surface area (Å²) in [5.74, 6) is 1.57. The maximum Gasteiger partial charge on any atom is 0.221 e. The average molecular weight is 263 g/mol. The maximum atomic E-state index is 5.74. The van der Waals surface area contributed by atoms with E-state index < -0.39 is 0 Å². The smallest absolute Gasteiger partial charge is 0.221 e.